The highest BCUT2D eigenvalue weighted by atomic mass is 16.4. The lowest BCUT2D eigenvalue weighted by molar-refractivity contribution is 0.100. The summed E-state index contributed by atoms with van der Waals surface area (Å²) in [5.74, 6) is 3.35. The van der Waals surface area contributed by atoms with Gasteiger partial charge in [0, 0.05) is 0 Å². The van der Waals surface area contributed by atoms with E-state index in [1.807, 2.05) is 0 Å². The topological polar surface area (TPSA) is 40.5 Å². The highest BCUT2D eigenvalue weighted by molar-refractivity contribution is 6.43. The lowest BCUT2D eigenvalue weighted by Crippen LogP contribution is -2.38. The second kappa shape index (κ2) is 7.50. The van der Waals surface area contributed by atoms with Crippen molar-refractivity contribution in [1.82, 2.24) is 0 Å². The molecule has 3 fully saturated rings. The van der Waals surface area contributed by atoms with E-state index in [2.05, 4.69) is 0 Å². The Morgan fingerprint density at radius 3 is 1.71 bits per heavy atom. The quantitative estimate of drug-likeness (QED) is 0.757. The predicted molar refractivity (Wildman–Crippen MR) is 87.9 cm³/mol. The molecule has 0 aromatic rings. The molecule has 0 aromatic heterocycles. The SMILES string of the molecule is OB(O)C1CCC(C2CCCCC2)CC1C1CCCCC1. The maximum atomic E-state index is 9.83. The average Bonchev–Trinajstić information content (AvgIpc) is 2.56. The largest absolute Gasteiger partial charge is 0.455 e. The minimum atomic E-state index is -1.08. The van der Waals surface area contributed by atoms with Gasteiger partial charge in [-0.15, -0.1) is 0 Å². The Bertz CT molecular complexity index is 308. The third-order valence-electron chi connectivity index (χ3n) is 6.95. The Morgan fingerprint density at radius 1 is 0.571 bits per heavy atom. The molecule has 120 valence electrons. The van der Waals surface area contributed by atoms with E-state index < -0.39 is 7.12 Å². The van der Waals surface area contributed by atoms with Crippen LogP contribution in [0.4, 0.5) is 0 Å². The van der Waals surface area contributed by atoms with Crippen LogP contribution in [0, 0.1) is 23.7 Å². The Kier molecular flexibility index (Phi) is 5.67. The highest BCUT2D eigenvalue weighted by Gasteiger charge is 2.42. The first-order valence-corrected chi connectivity index (χ1v) is 9.62. The van der Waals surface area contributed by atoms with E-state index in [-0.39, 0.29) is 5.82 Å². The van der Waals surface area contributed by atoms with Crippen LogP contribution in [-0.4, -0.2) is 17.2 Å². The fourth-order valence-electron chi connectivity index (χ4n) is 5.77. The Balaban J connectivity index is 1.65. The first-order chi connectivity index (χ1) is 10.3. The Hall–Kier alpha value is -0.0151. The molecule has 3 atom stereocenters. The van der Waals surface area contributed by atoms with Crippen LogP contribution < -0.4 is 0 Å². The van der Waals surface area contributed by atoms with Crippen molar-refractivity contribution < 1.29 is 10.0 Å². The van der Waals surface area contributed by atoms with Crippen LogP contribution in [0.1, 0.15) is 83.5 Å². The monoisotopic (exact) mass is 292 g/mol. The average molecular weight is 292 g/mol. The van der Waals surface area contributed by atoms with Crippen LogP contribution in [-0.2, 0) is 0 Å². The molecule has 3 aliphatic rings. The third-order valence-corrected chi connectivity index (χ3v) is 6.95. The second-order valence-corrected chi connectivity index (χ2v) is 8.11. The fourth-order valence-corrected chi connectivity index (χ4v) is 5.77. The van der Waals surface area contributed by atoms with Gasteiger partial charge in [-0.1, -0.05) is 77.0 Å². The van der Waals surface area contributed by atoms with Crippen molar-refractivity contribution in [3.05, 3.63) is 0 Å². The molecule has 0 saturated heterocycles. The van der Waals surface area contributed by atoms with Gasteiger partial charge >= 0.3 is 7.12 Å². The molecule has 0 radical (unpaired) electrons. The van der Waals surface area contributed by atoms with Gasteiger partial charge in [0.1, 0.15) is 0 Å². The van der Waals surface area contributed by atoms with E-state index in [9.17, 15) is 10.0 Å². The molecule has 3 aliphatic carbocycles. The van der Waals surface area contributed by atoms with E-state index in [0.29, 0.717) is 5.92 Å². The molecule has 0 aromatic carbocycles. The molecule has 2 nitrogen and oxygen atoms in total. The van der Waals surface area contributed by atoms with Gasteiger partial charge in [-0.05, 0) is 35.9 Å². The van der Waals surface area contributed by atoms with Crippen molar-refractivity contribution in [2.24, 2.45) is 23.7 Å². The second-order valence-electron chi connectivity index (χ2n) is 8.11. The predicted octanol–water partition coefficient (Wildman–Crippen LogP) is 4.41. The summed E-state index contributed by atoms with van der Waals surface area (Å²) >= 11 is 0. The van der Waals surface area contributed by atoms with Crippen LogP contribution >= 0.6 is 0 Å². The maximum absolute atomic E-state index is 9.83. The molecular formula is C18H33BO2. The van der Waals surface area contributed by atoms with Gasteiger partial charge in [0.05, 0.1) is 0 Å². The molecular weight excluding hydrogens is 259 g/mol. The van der Waals surface area contributed by atoms with E-state index in [1.165, 1.54) is 77.0 Å². The van der Waals surface area contributed by atoms with Crippen molar-refractivity contribution in [2.45, 2.75) is 89.3 Å². The molecule has 0 heterocycles. The van der Waals surface area contributed by atoms with Gasteiger partial charge in [-0.2, -0.15) is 0 Å². The fraction of sp³-hybridized carbons (Fsp3) is 1.00. The van der Waals surface area contributed by atoms with Gasteiger partial charge in [0.15, 0.2) is 0 Å². The van der Waals surface area contributed by atoms with Crippen LogP contribution in [0.2, 0.25) is 5.82 Å². The molecule has 0 amide bonds. The number of hydrogen-bond acceptors (Lipinski definition) is 2. The van der Waals surface area contributed by atoms with Crippen molar-refractivity contribution in [2.75, 3.05) is 0 Å². The van der Waals surface area contributed by atoms with Gasteiger partial charge in [-0.3, -0.25) is 0 Å². The molecule has 3 unspecified atom stereocenters. The van der Waals surface area contributed by atoms with Crippen molar-refractivity contribution in [3.63, 3.8) is 0 Å². The van der Waals surface area contributed by atoms with Crippen molar-refractivity contribution in [1.29, 1.82) is 0 Å². The molecule has 3 rings (SSSR count). The first kappa shape index (κ1) is 15.9. The maximum Gasteiger partial charge on any atom is 0.455 e. The van der Waals surface area contributed by atoms with Gasteiger partial charge in [-0.25, -0.2) is 0 Å². The molecule has 0 spiro atoms. The van der Waals surface area contributed by atoms with Crippen molar-refractivity contribution in [3.8, 4) is 0 Å². The summed E-state index contributed by atoms with van der Waals surface area (Å²) in [7, 11) is -1.08. The van der Waals surface area contributed by atoms with Crippen LogP contribution in [0.5, 0.6) is 0 Å². The molecule has 0 bridgehead atoms. The number of rotatable bonds is 3. The molecule has 21 heavy (non-hydrogen) atoms. The summed E-state index contributed by atoms with van der Waals surface area (Å²) in [6.07, 6.45) is 17.6. The lowest BCUT2D eigenvalue weighted by atomic mass is 9.52. The minimum absolute atomic E-state index is 0.160. The van der Waals surface area contributed by atoms with E-state index in [1.54, 1.807) is 0 Å². The zero-order valence-corrected chi connectivity index (χ0v) is 13.6. The highest BCUT2D eigenvalue weighted by Crippen LogP contribution is 2.50. The smallest absolute Gasteiger partial charge is 0.427 e. The zero-order chi connectivity index (χ0) is 14.7. The first-order valence-electron chi connectivity index (χ1n) is 9.62. The molecule has 3 saturated carbocycles. The Labute approximate surface area is 130 Å². The molecule has 0 aliphatic heterocycles. The van der Waals surface area contributed by atoms with E-state index in [0.717, 1.165) is 24.2 Å². The third kappa shape index (κ3) is 3.85. The zero-order valence-electron chi connectivity index (χ0n) is 13.6. The standard InChI is InChI=1S/C18H33BO2/c20-19(21)18-12-11-16(14-7-3-1-4-8-14)13-17(18)15-9-5-2-6-10-15/h14-18,20-21H,1-13H2. The van der Waals surface area contributed by atoms with Gasteiger partial charge < -0.3 is 10.0 Å². The summed E-state index contributed by atoms with van der Waals surface area (Å²) in [5, 5.41) is 19.7. The van der Waals surface area contributed by atoms with Gasteiger partial charge in [0.2, 0.25) is 0 Å². The van der Waals surface area contributed by atoms with Crippen LogP contribution in [0.25, 0.3) is 0 Å². The van der Waals surface area contributed by atoms with E-state index >= 15 is 0 Å². The van der Waals surface area contributed by atoms with Gasteiger partial charge in [0.25, 0.3) is 0 Å². The van der Waals surface area contributed by atoms with Crippen LogP contribution in [0.3, 0.4) is 0 Å². The summed E-state index contributed by atoms with van der Waals surface area (Å²) in [6.45, 7) is 0. The number of hydrogen-bond donors (Lipinski definition) is 2. The molecule has 2 N–H and O–H groups in total. The summed E-state index contributed by atoms with van der Waals surface area (Å²) < 4.78 is 0. The minimum Gasteiger partial charge on any atom is -0.427 e. The van der Waals surface area contributed by atoms with E-state index in [4.69, 9.17) is 0 Å². The summed E-state index contributed by atoms with van der Waals surface area (Å²) in [5.41, 5.74) is 0. The summed E-state index contributed by atoms with van der Waals surface area (Å²) in [6, 6.07) is 0. The summed E-state index contributed by atoms with van der Waals surface area (Å²) in [4.78, 5) is 0. The lowest BCUT2D eigenvalue weighted by Gasteiger charge is -2.44. The van der Waals surface area contributed by atoms with Crippen molar-refractivity contribution >= 4 is 7.12 Å². The van der Waals surface area contributed by atoms with Crippen LogP contribution in [0.15, 0.2) is 0 Å². The molecule has 3 heteroatoms. The normalized spacial score (nSPS) is 36.6. The Morgan fingerprint density at radius 2 is 1.14 bits per heavy atom.